The zero-order valence-corrected chi connectivity index (χ0v) is 11.0. The highest BCUT2D eigenvalue weighted by molar-refractivity contribution is 9.10. The van der Waals surface area contributed by atoms with Gasteiger partial charge in [-0.15, -0.1) is 0 Å². The number of halogens is 1. The molecule has 0 aromatic heterocycles. The Balaban J connectivity index is 1.69. The number of benzene rings is 1. The lowest BCUT2D eigenvalue weighted by molar-refractivity contribution is 0.254. The fourth-order valence-electron chi connectivity index (χ4n) is 2.04. The van der Waals surface area contributed by atoms with Gasteiger partial charge in [-0.25, -0.2) is 0 Å². The van der Waals surface area contributed by atoms with Crippen molar-refractivity contribution in [3.8, 4) is 5.75 Å². The number of hydrogen-bond acceptors (Lipinski definition) is 2. The summed E-state index contributed by atoms with van der Waals surface area (Å²) in [7, 11) is 0. The Labute approximate surface area is 106 Å². The van der Waals surface area contributed by atoms with E-state index in [1.807, 2.05) is 24.3 Å². The third-order valence-electron chi connectivity index (χ3n) is 3.01. The summed E-state index contributed by atoms with van der Waals surface area (Å²) in [4.78, 5) is 0. The van der Waals surface area contributed by atoms with Crippen molar-refractivity contribution in [3.05, 3.63) is 28.7 Å². The maximum Gasteiger partial charge on any atom is 0.119 e. The smallest absolute Gasteiger partial charge is 0.119 e. The summed E-state index contributed by atoms with van der Waals surface area (Å²) < 4.78 is 6.81. The maximum absolute atomic E-state index is 5.72. The van der Waals surface area contributed by atoms with Crippen molar-refractivity contribution in [1.29, 1.82) is 0 Å². The minimum atomic E-state index is 0.796. The van der Waals surface area contributed by atoms with Gasteiger partial charge in [0, 0.05) is 4.47 Å². The third kappa shape index (κ3) is 3.80. The van der Waals surface area contributed by atoms with Crippen LogP contribution in [0.4, 0.5) is 0 Å². The lowest BCUT2D eigenvalue weighted by Gasteiger charge is -2.22. The van der Waals surface area contributed by atoms with Crippen LogP contribution in [0, 0.1) is 5.92 Å². The molecule has 2 rings (SSSR count). The molecular formula is C13H18BrNO. The van der Waals surface area contributed by atoms with Crippen LogP contribution in [0.1, 0.15) is 19.3 Å². The van der Waals surface area contributed by atoms with Gasteiger partial charge in [-0.2, -0.15) is 0 Å². The van der Waals surface area contributed by atoms with Crippen LogP contribution < -0.4 is 10.1 Å². The molecule has 1 aliphatic rings. The summed E-state index contributed by atoms with van der Waals surface area (Å²) in [5, 5.41) is 3.43. The van der Waals surface area contributed by atoms with Crippen LogP contribution in [0.5, 0.6) is 5.75 Å². The fourth-order valence-corrected chi connectivity index (χ4v) is 2.31. The van der Waals surface area contributed by atoms with Crippen LogP contribution in [-0.2, 0) is 0 Å². The summed E-state index contributed by atoms with van der Waals surface area (Å²) in [5.41, 5.74) is 0. The molecule has 2 nitrogen and oxygen atoms in total. The van der Waals surface area contributed by atoms with E-state index in [-0.39, 0.29) is 0 Å². The number of ether oxygens (including phenoxy) is 1. The van der Waals surface area contributed by atoms with E-state index in [0.29, 0.717) is 0 Å². The first-order valence-electron chi connectivity index (χ1n) is 5.94. The number of hydrogen-bond donors (Lipinski definition) is 1. The Kier molecular flexibility index (Phi) is 4.67. The van der Waals surface area contributed by atoms with Gasteiger partial charge in [0.2, 0.25) is 0 Å². The Morgan fingerprint density at radius 3 is 2.81 bits per heavy atom. The van der Waals surface area contributed by atoms with Crippen molar-refractivity contribution in [3.63, 3.8) is 0 Å². The monoisotopic (exact) mass is 283 g/mol. The highest BCUT2D eigenvalue weighted by atomic mass is 79.9. The third-order valence-corrected chi connectivity index (χ3v) is 3.54. The van der Waals surface area contributed by atoms with Gasteiger partial charge in [0.15, 0.2) is 0 Å². The molecule has 0 radical (unpaired) electrons. The first-order valence-corrected chi connectivity index (χ1v) is 6.73. The molecule has 0 saturated carbocycles. The molecule has 3 heteroatoms. The van der Waals surface area contributed by atoms with E-state index < -0.39 is 0 Å². The molecule has 1 atom stereocenters. The average Bonchev–Trinajstić information content (AvgIpc) is 2.33. The van der Waals surface area contributed by atoms with Crippen LogP contribution in [0.2, 0.25) is 0 Å². The van der Waals surface area contributed by atoms with E-state index in [1.54, 1.807) is 0 Å². The van der Waals surface area contributed by atoms with E-state index in [9.17, 15) is 0 Å². The lowest BCUT2D eigenvalue weighted by Crippen LogP contribution is -2.30. The predicted octanol–water partition coefficient (Wildman–Crippen LogP) is 3.22. The van der Waals surface area contributed by atoms with E-state index in [1.165, 1.54) is 19.4 Å². The molecule has 1 fully saturated rings. The van der Waals surface area contributed by atoms with Crippen molar-refractivity contribution in [2.24, 2.45) is 5.92 Å². The van der Waals surface area contributed by atoms with Gasteiger partial charge in [-0.3, -0.25) is 0 Å². The standard InChI is InChI=1S/C13H18BrNO/c14-12-3-5-13(6-4-12)16-9-7-11-2-1-8-15-10-11/h3-6,11,15H,1-2,7-10H2/t11-/m0/s1. The van der Waals surface area contributed by atoms with Crippen molar-refractivity contribution < 1.29 is 4.74 Å². The van der Waals surface area contributed by atoms with Crippen molar-refractivity contribution in [2.45, 2.75) is 19.3 Å². The number of rotatable bonds is 4. The second-order valence-electron chi connectivity index (χ2n) is 4.30. The van der Waals surface area contributed by atoms with E-state index in [2.05, 4.69) is 21.2 Å². The first kappa shape index (κ1) is 11.9. The Hall–Kier alpha value is -0.540. The molecule has 0 aliphatic carbocycles. The molecule has 1 aromatic carbocycles. The Morgan fingerprint density at radius 2 is 2.12 bits per heavy atom. The number of piperidine rings is 1. The summed E-state index contributed by atoms with van der Waals surface area (Å²) in [6.45, 7) is 3.17. The second-order valence-corrected chi connectivity index (χ2v) is 5.22. The predicted molar refractivity (Wildman–Crippen MR) is 69.8 cm³/mol. The molecule has 16 heavy (non-hydrogen) atoms. The molecule has 1 aromatic rings. The molecule has 0 spiro atoms. The minimum absolute atomic E-state index is 0.796. The average molecular weight is 284 g/mol. The molecule has 1 heterocycles. The fraction of sp³-hybridized carbons (Fsp3) is 0.538. The highest BCUT2D eigenvalue weighted by Crippen LogP contribution is 2.18. The van der Waals surface area contributed by atoms with Gasteiger partial charge in [-0.05, 0) is 62.5 Å². The molecule has 0 amide bonds. The minimum Gasteiger partial charge on any atom is -0.494 e. The Bertz CT molecular complexity index is 306. The SMILES string of the molecule is Brc1ccc(OCC[C@@H]2CCCNC2)cc1. The van der Waals surface area contributed by atoms with Crippen molar-refractivity contribution in [1.82, 2.24) is 5.32 Å². The van der Waals surface area contributed by atoms with Crippen LogP contribution in [-0.4, -0.2) is 19.7 Å². The summed E-state index contributed by atoms with van der Waals surface area (Å²) >= 11 is 3.41. The largest absolute Gasteiger partial charge is 0.494 e. The summed E-state index contributed by atoms with van der Waals surface area (Å²) in [5.74, 6) is 1.76. The van der Waals surface area contributed by atoms with Gasteiger partial charge >= 0.3 is 0 Å². The highest BCUT2D eigenvalue weighted by Gasteiger charge is 2.12. The van der Waals surface area contributed by atoms with Gasteiger partial charge < -0.3 is 10.1 Å². The molecule has 1 N–H and O–H groups in total. The van der Waals surface area contributed by atoms with E-state index in [4.69, 9.17) is 4.74 Å². The molecule has 0 unspecified atom stereocenters. The zero-order valence-electron chi connectivity index (χ0n) is 9.42. The first-order chi connectivity index (χ1) is 7.84. The van der Waals surface area contributed by atoms with Gasteiger partial charge in [0.1, 0.15) is 5.75 Å². The normalized spacial score (nSPS) is 20.7. The van der Waals surface area contributed by atoms with Crippen LogP contribution in [0.25, 0.3) is 0 Å². The van der Waals surface area contributed by atoms with Gasteiger partial charge in [-0.1, -0.05) is 15.9 Å². The molecule has 88 valence electrons. The quantitative estimate of drug-likeness (QED) is 0.916. The Morgan fingerprint density at radius 1 is 1.31 bits per heavy atom. The van der Waals surface area contributed by atoms with Gasteiger partial charge in [0.05, 0.1) is 6.61 Å². The summed E-state index contributed by atoms with van der Waals surface area (Å²) in [6, 6.07) is 8.03. The van der Waals surface area contributed by atoms with Crippen LogP contribution in [0.3, 0.4) is 0 Å². The second kappa shape index (κ2) is 6.26. The van der Waals surface area contributed by atoms with Gasteiger partial charge in [0.25, 0.3) is 0 Å². The molecular weight excluding hydrogens is 266 g/mol. The maximum atomic E-state index is 5.72. The van der Waals surface area contributed by atoms with Crippen LogP contribution in [0.15, 0.2) is 28.7 Å². The number of nitrogens with one attached hydrogen (secondary N) is 1. The topological polar surface area (TPSA) is 21.3 Å². The van der Waals surface area contributed by atoms with Crippen LogP contribution >= 0.6 is 15.9 Å². The molecule has 0 bridgehead atoms. The summed E-state index contributed by atoms with van der Waals surface area (Å²) in [6.07, 6.45) is 3.81. The molecule has 1 aliphatic heterocycles. The van der Waals surface area contributed by atoms with E-state index >= 15 is 0 Å². The molecule has 1 saturated heterocycles. The van der Waals surface area contributed by atoms with Crippen molar-refractivity contribution >= 4 is 15.9 Å². The van der Waals surface area contributed by atoms with E-state index in [0.717, 1.165) is 35.7 Å². The lowest BCUT2D eigenvalue weighted by atomic mass is 9.97. The zero-order chi connectivity index (χ0) is 11.2. The van der Waals surface area contributed by atoms with Crippen molar-refractivity contribution in [2.75, 3.05) is 19.7 Å².